The van der Waals surface area contributed by atoms with E-state index in [-0.39, 0.29) is 40.9 Å². The van der Waals surface area contributed by atoms with Crippen LogP contribution in [0.1, 0.15) is 84.2 Å². The Morgan fingerprint density at radius 3 is 2.00 bits per heavy atom. The van der Waals surface area contributed by atoms with E-state index in [0.717, 1.165) is 17.0 Å². The molecule has 0 bridgehead atoms. The van der Waals surface area contributed by atoms with Crippen LogP contribution in [-0.4, -0.2) is 49.1 Å². The number of nitrogens with zero attached hydrogens (tertiary/aromatic N) is 1. The molecule has 0 spiro atoms. The average molecular weight is 648 g/mol. The van der Waals surface area contributed by atoms with Gasteiger partial charge in [-0.05, 0) is 81.5 Å². The second-order valence-corrected chi connectivity index (χ2v) is 17.6. The van der Waals surface area contributed by atoms with Gasteiger partial charge in [-0.15, -0.1) is 0 Å². The van der Waals surface area contributed by atoms with E-state index in [1.807, 2.05) is 63.4 Å². The van der Waals surface area contributed by atoms with Gasteiger partial charge in [-0.1, -0.05) is 88.4 Å². The summed E-state index contributed by atoms with van der Waals surface area (Å²) in [5.41, 5.74) is 1.42. The molecule has 252 valence electrons. The second-order valence-electron chi connectivity index (χ2n) is 15.1. The van der Waals surface area contributed by atoms with Gasteiger partial charge in [0, 0.05) is 43.3 Å². The van der Waals surface area contributed by atoms with Gasteiger partial charge in [0.15, 0.2) is 9.04 Å². The van der Waals surface area contributed by atoms with Crippen LogP contribution in [0.4, 0.5) is 4.79 Å². The van der Waals surface area contributed by atoms with Crippen LogP contribution in [0.2, 0.25) is 13.1 Å². The number of hydrogen-bond acceptors (Lipinski definition) is 5. The molecule has 0 saturated carbocycles. The molecule has 0 aliphatic heterocycles. The van der Waals surface area contributed by atoms with Gasteiger partial charge in [-0.3, -0.25) is 4.79 Å². The van der Waals surface area contributed by atoms with Crippen molar-refractivity contribution in [3.63, 3.8) is 0 Å². The molecule has 0 aliphatic rings. The number of H-pyrrole nitrogens is 1. The van der Waals surface area contributed by atoms with Crippen LogP contribution in [-0.2, 0) is 26.8 Å². The van der Waals surface area contributed by atoms with Crippen molar-refractivity contribution in [1.29, 1.82) is 0 Å². The number of imidazole rings is 1. The number of aromatic nitrogens is 2. The Kier molecular flexibility index (Phi) is 13.8. The molecule has 3 rings (SSSR count). The van der Waals surface area contributed by atoms with Crippen molar-refractivity contribution >= 4 is 20.9 Å². The summed E-state index contributed by atoms with van der Waals surface area (Å²) in [7, 11) is -1.22. The Labute approximate surface area is 279 Å². The number of benzene rings is 2. The Hall–Kier alpha value is -3.23. The summed E-state index contributed by atoms with van der Waals surface area (Å²) in [4.78, 5) is 35.7. The number of amides is 1. The molecule has 1 aromatic heterocycles. The van der Waals surface area contributed by atoms with Crippen molar-refractivity contribution in [2.45, 2.75) is 105 Å². The molecule has 46 heavy (non-hydrogen) atoms. The minimum absolute atomic E-state index is 0.0207. The van der Waals surface area contributed by atoms with Gasteiger partial charge in [0.2, 0.25) is 0 Å². The topological polar surface area (TPSA) is 93.3 Å². The van der Waals surface area contributed by atoms with Crippen LogP contribution in [0.3, 0.4) is 0 Å². The maximum absolute atomic E-state index is 14.6. The Balaban J connectivity index is 1.98. The van der Waals surface area contributed by atoms with Crippen LogP contribution in [0.15, 0.2) is 73.1 Å². The molecule has 7 nitrogen and oxygen atoms in total. The predicted octanol–water partition coefficient (Wildman–Crippen LogP) is 8.14. The van der Waals surface area contributed by atoms with E-state index in [9.17, 15) is 9.59 Å². The Bertz CT molecular complexity index is 1320. The smallest absolute Gasteiger partial charge is 0.407 e. The molecule has 1 amide bonds. The molecule has 8 heteroatoms. The van der Waals surface area contributed by atoms with Crippen LogP contribution >= 0.6 is 0 Å². The number of alkyl carbamates (subject to hydrolysis) is 1. The van der Waals surface area contributed by atoms with Gasteiger partial charge < -0.3 is 19.5 Å². The van der Waals surface area contributed by atoms with Crippen LogP contribution in [0.5, 0.6) is 0 Å². The number of rotatable bonds is 16. The zero-order valence-corrected chi connectivity index (χ0v) is 30.7. The largest absolute Gasteiger partial charge is 0.444 e. The Morgan fingerprint density at radius 2 is 1.50 bits per heavy atom. The second kappa shape index (κ2) is 17.1. The van der Waals surface area contributed by atoms with Crippen LogP contribution < -0.4 is 5.32 Å². The molecule has 0 fully saturated rings. The van der Waals surface area contributed by atoms with Crippen molar-refractivity contribution in [3.05, 3.63) is 90.0 Å². The summed E-state index contributed by atoms with van der Waals surface area (Å²) < 4.78 is 11.9. The third-order valence-corrected chi connectivity index (χ3v) is 9.45. The van der Waals surface area contributed by atoms with Crippen molar-refractivity contribution in [1.82, 2.24) is 15.3 Å². The fourth-order valence-electron chi connectivity index (χ4n) is 6.17. The van der Waals surface area contributed by atoms with Crippen LogP contribution in [0, 0.1) is 23.2 Å². The van der Waals surface area contributed by atoms with Gasteiger partial charge in [0.25, 0.3) is 0 Å². The van der Waals surface area contributed by atoms with Gasteiger partial charge >= 0.3 is 6.09 Å². The van der Waals surface area contributed by atoms with Crippen molar-refractivity contribution in [2.24, 2.45) is 23.2 Å². The van der Waals surface area contributed by atoms with Gasteiger partial charge in [-0.25, -0.2) is 9.78 Å². The third-order valence-electron chi connectivity index (χ3n) is 8.59. The fourth-order valence-corrected chi connectivity index (χ4v) is 6.86. The molecule has 0 radical (unpaired) electrons. The standard InChI is InChI=1S/C38H57N3O4Si/c1-27(26-44-46(8)9)31(35-39-20-21-40-35)25-34(42)30(22-28-16-12-10-13-17-28)24-32(37(2,3)4)33(23-29-18-14-11-15-19-29)41-36(43)45-38(5,6)7/h10-21,27,30-33,46H,22-26H2,1-9H3,(H,39,40)(H,41,43)/t27?,30-,31?,32+,33-/m0/s1. The molecule has 2 N–H and O–H groups in total. The number of carbonyl (C=O) groups excluding carboxylic acids is 2. The summed E-state index contributed by atoms with van der Waals surface area (Å²) in [5, 5.41) is 3.25. The van der Waals surface area contributed by atoms with Gasteiger partial charge in [-0.2, -0.15) is 0 Å². The summed E-state index contributed by atoms with van der Waals surface area (Å²) in [6, 6.07) is 20.2. The number of hydrogen-bond donors (Lipinski definition) is 2. The molecule has 2 unspecified atom stereocenters. The molecule has 5 atom stereocenters. The highest BCUT2D eigenvalue weighted by Crippen LogP contribution is 2.38. The van der Waals surface area contributed by atoms with Crippen molar-refractivity contribution < 1.29 is 18.8 Å². The summed E-state index contributed by atoms with van der Waals surface area (Å²) in [5.74, 6) is 0.809. The minimum atomic E-state index is -1.22. The maximum atomic E-state index is 14.6. The van der Waals surface area contributed by atoms with Crippen LogP contribution in [0.25, 0.3) is 0 Å². The molecule has 2 aromatic carbocycles. The lowest BCUT2D eigenvalue weighted by atomic mass is 9.68. The first-order valence-electron chi connectivity index (χ1n) is 16.8. The van der Waals surface area contributed by atoms with E-state index in [2.05, 4.69) is 80.3 Å². The highest BCUT2D eigenvalue weighted by molar-refractivity contribution is 6.48. The molecule has 1 heterocycles. The van der Waals surface area contributed by atoms with Gasteiger partial charge in [0.05, 0.1) is 0 Å². The zero-order valence-electron chi connectivity index (χ0n) is 29.5. The van der Waals surface area contributed by atoms with E-state index >= 15 is 0 Å². The summed E-state index contributed by atoms with van der Waals surface area (Å²) in [6.07, 6.45) is 5.40. The first kappa shape index (κ1) is 37.2. The molecule has 0 aliphatic carbocycles. The van der Waals surface area contributed by atoms with Gasteiger partial charge in [0.1, 0.15) is 17.2 Å². The molecular weight excluding hydrogens is 591 g/mol. The van der Waals surface area contributed by atoms with E-state index in [4.69, 9.17) is 9.16 Å². The summed E-state index contributed by atoms with van der Waals surface area (Å²) in [6.45, 7) is 19.3. The van der Waals surface area contributed by atoms with E-state index in [1.54, 1.807) is 6.20 Å². The zero-order chi connectivity index (χ0) is 33.9. The maximum Gasteiger partial charge on any atom is 0.407 e. The lowest BCUT2D eigenvalue weighted by Crippen LogP contribution is -2.49. The first-order chi connectivity index (χ1) is 21.6. The van der Waals surface area contributed by atoms with E-state index < -0.39 is 20.7 Å². The minimum Gasteiger partial charge on any atom is -0.444 e. The monoisotopic (exact) mass is 647 g/mol. The molecular formula is C38H57N3O4Si. The highest BCUT2D eigenvalue weighted by Gasteiger charge is 2.38. The average Bonchev–Trinajstić information content (AvgIpc) is 3.50. The number of Topliss-reactive ketones (excluding diaryl/α,β-unsaturated/α-hetero) is 1. The number of nitrogens with one attached hydrogen (secondary N) is 2. The predicted molar refractivity (Wildman–Crippen MR) is 189 cm³/mol. The Morgan fingerprint density at radius 1 is 0.913 bits per heavy atom. The number of aromatic amines is 1. The fraction of sp³-hybridized carbons (Fsp3) is 0.553. The number of ether oxygens (including phenoxy) is 1. The quantitative estimate of drug-likeness (QED) is 0.153. The van der Waals surface area contributed by atoms with E-state index in [0.29, 0.717) is 32.3 Å². The first-order valence-corrected chi connectivity index (χ1v) is 19.6. The number of carbonyl (C=O) groups is 2. The van der Waals surface area contributed by atoms with Crippen molar-refractivity contribution in [3.8, 4) is 0 Å². The normalized spacial score (nSPS) is 15.5. The summed E-state index contributed by atoms with van der Waals surface area (Å²) >= 11 is 0. The highest BCUT2D eigenvalue weighted by atomic mass is 28.3. The lowest BCUT2D eigenvalue weighted by molar-refractivity contribution is -0.124. The molecule has 3 aromatic rings. The SMILES string of the molecule is CC(CO[SiH](C)C)C(CC(=O)[C@@H](Cc1ccccc1)C[C@H]([C@H](Cc1ccccc1)NC(=O)OC(C)(C)C)C(C)(C)C)c1ncc[nH]1. The van der Waals surface area contributed by atoms with E-state index in [1.165, 1.54) is 0 Å². The lowest BCUT2D eigenvalue weighted by Gasteiger charge is -2.40. The van der Waals surface area contributed by atoms with Crippen molar-refractivity contribution in [2.75, 3.05) is 6.61 Å². The third kappa shape index (κ3) is 12.5. The number of ketones is 1. The molecule has 0 saturated heterocycles.